The SMILES string of the molecule is C#Cc1cccc(NC(=O)CNC(=O)c2cnc(-c3ccccc3Cl)s2)c1. The van der Waals surface area contributed by atoms with Crippen LogP contribution in [-0.2, 0) is 4.79 Å². The van der Waals surface area contributed by atoms with Gasteiger partial charge in [-0.05, 0) is 24.3 Å². The minimum atomic E-state index is -0.377. The maximum absolute atomic E-state index is 12.3. The lowest BCUT2D eigenvalue weighted by atomic mass is 10.2. The molecule has 0 unspecified atom stereocenters. The van der Waals surface area contributed by atoms with E-state index in [-0.39, 0.29) is 18.4 Å². The predicted octanol–water partition coefficient (Wildman–Crippen LogP) is 3.81. The zero-order valence-electron chi connectivity index (χ0n) is 14.0. The Morgan fingerprint density at radius 3 is 2.78 bits per heavy atom. The number of carbonyl (C=O) groups excluding carboxylic acids is 2. The largest absolute Gasteiger partial charge is 0.342 e. The molecule has 0 fully saturated rings. The van der Waals surface area contributed by atoms with Gasteiger partial charge in [-0.3, -0.25) is 9.59 Å². The first-order valence-electron chi connectivity index (χ1n) is 7.92. The highest BCUT2D eigenvalue weighted by molar-refractivity contribution is 7.17. The molecule has 0 spiro atoms. The molecule has 5 nitrogen and oxygen atoms in total. The number of hydrogen-bond acceptors (Lipinski definition) is 4. The minimum Gasteiger partial charge on any atom is -0.342 e. The van der Waals surface area contributed by atoms with Crippen molar-refractivity contribution in [3.63, 3.8) is 0 Å². The topological polar surface area (TPSA) is 71.1 Å². The number of hydrogen-bond donors (Lipinski definition) is 2. The van der Waals surface area contributed by atoms with Gasteiger partial charge in [0, 0.05) is 16.8 Å². The molecule has 0 aliphatic carbocycles. The number of amides is 2. The molecule has 1 aromatic heterocycles. The second-order valence-corrected chi connectivity index (χ2v) is 6.90. The quantitative estimate of drug-likeness (QED) is 0.645. The molecular formula is C20H14ClN3O2S. The van der Waals surface area contributed by atoms with Gasteiger partial charge in [0.2, 0.25) is 5.91 Å². The summed E-state index contributed by atoms with van der Waals surface area (Å²) in [6.07, 6.45) is 6.80. The molecule has 0 saturated heterocycles. The van der Waals surface area contributed by atoms with Gasteiger partial charge in [0.25, 0.3) is 5.91 Å². The van der Waals surface area contributed by atoms with Gasteiger partial charge < -0.3 is 10.6 Å². The Bertz CT molecular complexity index is 1040. The highest BCUT2D eigenvalue weighted by atomic mass is 35.5. The van der Waals surface area contributed by atoms with Gasteiger partial charge in [-0.1, -0.05) is 41.8 Å². The highest BCUT2D eigenvalue weighted by Crippen LogP contribution is 2.30. The van der Waals surface area contributed by atoms with Crippen LogP contribution in [0, 0.1) is 12.3 Å². The maximum atomic E-state index is 12.3. The molecule has 0 radical (unpaired) electrons. The zero-order valence-corrected chi connectivity index (χ0v) is 15.6. The predicted molar refractivity (Wildman–Crippen MR) is 108 cm³/mol. The first kappa shape index (κ1) is 18.6. The van der Waals surface area contributed by atoms with Crippen LogP contribution in [0.2, 0.25) is 5.02 Å². The Morgan fingerprint density at radius 1 is 1.19 bits per heavy atom. The summed E-state index contributed by atoms with van der Waals surface area (Å²) < 4.78 is 0. The Morgan fingerprint density at radius 2 is 2.00 bits per heavy atom. The molecule has 2 amide bonds. The fourth-order valence-corrected chi connectivity index (χ4v) is 3.43. The van der Waals surface area contributed by atoms with Crippen LogP contribution in [0.3, 0.4) is 0 Å². The normalized spacial score (nSPS) is 10.1. The van der Waals surface area contributed by atoms with E-state index in [4.69, 9.17) is 18.0 Å². The van der Waals surface area contributed by atoms with E-state index in [2.05, 4.69) is 21.5 Å². The first-order valence-corrected chi connectivity index (χ1v) is 9.11. The van der Waals surface area contributed by atoms with E-state index in [1.807, 2.05) is 18.2 Å². The summed E-state index contributed by atoms with van der Waals surface area (Å²) in [4.78, 5) is 28.9. The molecule has 7 heteroatoms. The van der Waals surface area contributed by atoms with Crippen LogP contribution in [-0.4, -0.2) is 23.3 Å². The van der Waals surface area contributed by atoms with Crippen molar-refractivity contribution in [2.24, 2.45) is 0 Å². The van der Waals surface area contributed by atoms with Crippen LogP contribution < -0.4 is 10.6 Å². The van der Waals surface area contributed by atoms with E-state index < -0.39 is 0 Å². The standard InChI is InChI=1S/C20H14ClN3O2S/c1-2-13-6-5-7-14(10-13)24-18(25)12-22-19(26)17-11-23-20(27-17)15-8-3-4-9-16(15)21/h1,3-11H,12H2,(H,22,26)(H,24,25). The average Bonchev–Trinajstić information content (AvgIpc) is 3.16. The van der Waals surface area contributed by atoms with E-state index in [0.29, 0.717) is 26.2 Å². The van der Waals surface area contributed by atoms with E-state index in [9.17, 15) is 9.59 Å². The number of aromatic nitrogens is 1. The summed E-state index contributed by atoms with van der Waals surface area (Å²) in [6.45, 7) is -0.168. The lowest BCUT2D eigenvalue weighted by Crippen LogP contribution is -2.32. The van der Waals surface area contributed by atoms with Crippen LogP contribution in [0.1, 0.15) is 15.2 Å². The third-order valence-electron chi connectivity index (χ3n) is 3.56. The third kappa shape index (κ3) is 4.73. The molecule has 0 saturated carbocycles. The molecule has 3 aromatic rings. The summed E-state index contributed by atoms with van der Waals surface area (Å²) in [5, 5.41) is 6.46. The Labute approximate surface area is 165 Å². The third-order valence-corrected chi connectivity index (χ3v) is 4.92. The first-order chi connectivity index (χ1) is 13.1. The van der Waals surface area contributed by atoms with Crippen molar-refractivity contribution in [2.75, 3.05) is 11.9 Å². The Hall–Kier alpha value is -3.14. The van der Waals surface area contributed by atoms with Crippen molar-refractivity contribution in [1.29, 1.82) is 0 Å². The smallest absolute Gasteiger partial charge is 0.263 e. The molecule has 0 bridgehead atoms. The molecule has 2 N–H and O–H groups in total. The summed E-state index contributed by atoms with van der Waals surface area (Å²) in [6, 6.07) is 14.2. The van der Waals surface area contributed by atoms with Gasteiger partial charge in [-0.2, -0.15) is 0 Å². The van der Waals surface area contributed by atoms with Crippen LogP contribution in [0.25, 0.3) is 10.6 Å². The van der Waals surface area contributed by atoms with E-state index in [1.54, 1.807) is 30.3 Å². The lowest BCUT2D eigenvalue weighted by molar-refractivity contribution is -0.115. The number of anilines is 1. The number of rotatable bonds is 5. The molecule has 1 heterocycles. The van der Waals surface area contributed by atoms with E-state index >= 15 is 0 Å². The molecule has 3 rings (SSSR count). The number of halogens is 1. The molecule has 0 aliphatic rings. The van der Waals surface area contributed by atoms with Crippen LogP contribution in [0.15, 0.2) is 54.7 Å². The van der Waals surface area contributed by atoms with Gasteiger partial charge in [0.05, 0.1) is 17.8 Å². The molecule has 0 atom stereocenters. The summed E-state index contributed by atoms with van der Waals surface area (Å²) in [5.74, 6) is 1.77. The van der Waals surface area contributed by atoms with Gasteiger partial charge in [0.15, 0.2) is 0 Å². The number of terminal acetylenes is 1. The molecule has 27 heavy (non-hydrogen) atoms. The number of nitrogens with zero attached hydrogens (tertiary/aromatic N) is 1. The fraction of sp³-hybridized carbons (Fsp3) is 0.0500. The van der Waals surface area contributed by atoms with Crippen LogP contribution >= 0.6 is 22.9 Å². The van der Waals surface area contributed by atoms with Crippen molar-refractivity contribution in [2.45, 2.75) is 0 Å². The number of nitrogens with one attached hydrogen (secondary N) is 2. The fourth-order valence-electron chi connectivity index (χ4n) is 2.28. The van der Waals surface area contributed by atoms with Crippen LogP contribution in [0.5, 0.6) is 0 Å². The molecule has 0 aliphatic heterocycles. The maximum Gasteiger partial charge on any atom is 0.263 e. The van der Waals surface area contributed by atoms with Gasteiger partial charge in [0.1, 0.15) is 9.88 Å². The molecular weight excluding hydrogens is 382 g/mol. The van der Waals surface area contributed by atoms with Gasteiger partial charge >= 0.3 is 0 Å². The lowest BCUT2D eigenvalue weighted by Gasteiger charge is -2.06. The number of carbonyl (C=O) groups is 2. The molecule has 2 aromatic carbocycles. The number of benzene rings is 2. The zero-order chi connectivity index (χ0) is 19.2. The number of thiazole rings is 1. The Kier molecular flexibility index (Phi) is 5.87. The second-order valence-electron chi connectivity index (χ2n) is 5.47. The average molecular weight is 396 g/mol. The summed E-state index contributed by atoms with van der Waals surface area (Å²) >= 11 is 7.36. The minimum absolute atomic E-state index is 0.168. The summed E-state index contributed by atoms with van der Waals surface area (Å²) in [5.41, 5.74) is 1.99. The van der Waals surface area contributed by atoms with Crippen molar-refractivity contribution in [3.05, 3.63) is 70.2 Å². The van der Waals surface area contributed by atoms with Crippen molar-refractivity contribution in [3.8, 4) is 22.9 Å². The van der Waals surface area contributed by atoms with Gasteiger partial charge in [-0.15, -0.1) is 17.8 Å². The van der Waals surface area contributed by atoms with Crippen LogP contribution in [0.4, 0.5) is 5.69 Å². The highest BCUT2D eigenvalue weighted by Gasteiger charge is 2.14. The summed E-state index contributed by atoms with van der Waals surface area (Å²) in [7, 11) is 0. The van der Waals surface area contributed by atoms with E-state index in [1.165, 1.54) is 17.5 Å². The monoisotopic (exact) mass is 395 g/mol. The van der Waals surface area contributed by atoms with Crippen molar-refractivity contribution < 1.29 is 9.59 Å². The van der Waals surface area contributed by atoms with Crippen molar-refractivity contribution >= 4 is 40.4 Å². The second kappa shape index (κ2) is 8.49. The molecule has 134 valence electrons. The van der Waals surface area contributed by atoms with Gasteiger partial charge in [-0.25, -0.2) is 4.98 Å². The van der Waals surface area contributed by atoms with Crippen molar-refractivity contribution in [1.82, 2.24) is 10.3 Å². The van der Waals surface area contributed by atoms with E-state index in [0.717, 1.165) is 5.56 Å². The Balaban J connectivity index is 1.59.